The van der Waals surface area contributed by atoms with Gasteiger partial charge >= 0.3 is 11.7 Å². The number of piperidine rings is 1. The first-order chi connectivity index (χ1) is 15.1. The average Bonchev–Trinajstić information content (AvgIpc) is 2.79. The lowest BCUT2D eigenvalue weighted by Crippen LogP contribution is -2.40. The van der Waals surface area contributed by atoms with E-state index < -0.39 is 4.92 Å². The van der Waals surface area contributed by atoms with Crippen molar-refractivity contribution in [1.82, 2.24) is 9.97 Å². The molecule has 2 aliphatic heterocycles. The van der Waals surface area contributed by atoms with E-state index >= 15 is 0 Å². The zero-order valence-corrected chi connectivity index (χ0v) is 17.1. The highest BCUT2D eigenvalue weighted by atomic mass is 16.6. The number of fused-ring (bicyclic) bond motifs is 1. The summed E-state index contributed by atoms with van der Waals surface area (Å²) in [5.41, 5.74) is 0.321. The maximum Gasteiger partial charge on any atom is 0.353 e. The number of anilines is 3. The van der Waals surface area contributed by atoms with Crippen molar-refractivity contribution in [2.24, 2.45) is 5.92 Å². The van der Waals surface area contributed by atoms with E-state index in [-0.39, 0.29) is 29.2 Å². The van der Waals surface area contributed by atoms with Gasteiger partial charge in [0.15, 0.2) is 11.5 Å². The van der Waals surface area contributed by atoms with Gasteiger partial charge in [-0.25, -0.2) is 9.97 Å². The van der Waals surface area contributed by atoms with Gasteiger partial charge in [-0.1, -0.05) is 0 Å². The highest BCUT2D eigenvalue weighted by Crippen LogP contribution is 2.38. The molecule has 0 radical (unpaired) electrons. The summed E-state index contributed by atoms with van der Waals surface area (Å²) < 4.78 is 16.2. The van der Waals surface area contributed by atoms with Crippen LogP contribution in [0.5, 0.6) is 11.5 Å². The largest absolute Gasteiger partial charge is 0.486 e. The topological polar surface area (TPSA) is 129 Å². The van der Waals surface area contributed by atoms with Crippen molar-refractivity contribution in [3.05, 3.63) is 34.6 Å². The summed E-state index contributed by atoms with van der Waals surface area (Å²) in [5, 5.41) is 14.9. The quantitative estimate of drug-likeness (QED) is 0.415. The summed E-state index contributed by atoms with van der Waals surface area (Å²) in [6.07, 6.45) is 2.66. The number of rotatable bonds is 6. The molecule has 1 unspecified atom stereocenters. The second-order valence-electron chi connectivity index (χ2n) is 7.17. The van der Waals surface area contributed by atoms with Crippen molar-refractivity contribution in [3.63, 3.8) is 0 Å². The standard InChI is InChI=1S/C20H23N5O6/c1-2-29-20(26)13-4-3-7-24(11-13)19-17(25(27)28)18(21-12-22-19)23-14-5-6-15-16(10-14)31-9-8-30-15/h5-6,10,12-13H,2-4,7-9,11H2,1H3,(H,21,22,23). The Morgan fingerprint density at radius 1 is 1.32 bits per heavy atom. The SMILES string of the molecule is CCOC(=O)C1CCCN(c2ncnc(Nc3ccc4c(c3)OCCO4)c2[N+](=O)[O-])C1. The second kappa shape index (κ2) is 9.02. The van der Waals surface area contributed by atoms with Gasteiger partial charge in [-0.3, -0.25) is 14.9 Å². The zero-order valence-electron chi connectivity index (χ0n) is 17.1. The molecule has 0 bridgehead atoms. The number of aromatic nitrogens is 2. The van der Waals surface area contributed by atoms with Crippen LogP contribution in [0, 0.1) is 16.0 Å². The number of benzene rings is 1. The molecule has 11 heteroatoms. The molecular weight excluding hydrogens is 406 g/mol. The highest BCUT2D eigenvalue weighted by molar-refractivity contribution is 5.77. The molecule has 0 amide bonds. The van der Waals surface area contributed by atoms with E-state index in [1.165, 1.54) is 6.33 Å². The fourth-order valence-corrected chi connectivity index (χ4v) is 3.74. The number of nitrogens with one attached hydrogen (secondary N) is 1. The van der Waals surface area contributed by atoms with Gasteiger partial charge in [-0.15, -0.1) is 0 Å². The third-order valence-electron chi connectivity index (χ3n) is 5.13. The van der Waals surface area contributed by atoms with Crippen LogP contribution in [-0.2, 0) is 9.53 Å². The van der Waals surface area contributed by atoms with Crippen LogP contribution in [0.4, 0.5) is 23.0 Å². The lowest BCUT2D eigenvalue weighted by molar-refractivity contribution is -0.383. The van der Waals surface area contributed by atoms with Gasteiger partial charge in [-0.2, -0.15) is 0 Å². The van der Waals surface area contributed by atoms with E-state index in [0.717, 1.165) is 0 Å². The van der Waals surface area contributed by atoms with Crippen LogP contribution in [0.2, 0.25) is 0 Å². The maximum atomic E-state index is 12.2. The van der Waals surface area contributed by atoms with Crippen molar-refractivity contribution >= 4 is 29.0 Å². The van der Waals surface area contributed by atoms with Crippen LogP contribution in [0.1, 0.15) is 19.8 Å². The van der Waals surface area contributed by atoms with Crippen molar-refractivity contribution in [2.75, 3.05) is 43.1 Å². The summed E-state index contributed by atoms with van der Waals surface area (Å²) in [6.45, 7) is 3.82. The molecule has 0 saturated carbocycles. The van der Waals surface area contributed by atoms with E-state index in [0.29, 0.717) is 62.9 Å². The van der Waals surface area contributed by atoms with Gasteiger partial charge in [-0.05, 0) is 31.9 Å². The lowest BCUT2D eigenvalue weighted by Gasteiger charge is -2.32. The normalized spacial score (nSPS) is 17.7. The average molecular weight is 429 g/mol. The number of esters is 1. The van der Waals surface area contributed by atoms with Crippen LogP contribution in [0.3, 0.4) is 0 Å². The van der Waals surface area contributed by atoms with E-state index in [1.807, 2.05) is 0 Å². The van der Waals surface area contributed by atoms with Crippen molar-refractivity contribution in [3.8, 4) is 11.5 Å². The molecule has 1 saturated heterocycles. The maximum absolute atomic E-state index is 12.2. The fraction of sp³-hybridized carbons (Fsp3) is 0.450. The smallest absolute Gasteiger partial charge is 0.353 e. The molecule has 0 spiro atoms. The number of ether oxygens (including phenoxy) is 3. The number of hydrogen-bond donors (Lipinski definition) is 1. The van der Waals surface area contributed by atoms with Crippen LogP contribution < -0.4 is 19.7 Å². The minimum atomic E-state index is -0.510. The molecule has 1 atom stereocenters. The summed E-state index contributed by atoms with van der Waals surface area (Å²) in [7, 11) is 0. The molecule has 3 heterocycles. The number of carbonyl (C=O) groups is 1. The Morgan fingerprint density at radius 3 is 2.90 bits per heavy atom. The van der Waals surface area contributed by atoms with Crippen LogP contribution in [-0.4, -0.2) is 53.8 Å². The van der Waals surface area contributed by atoms with E-state index in [1.54, 1.807) is 30.0 Å². The van der Waals surface area contributed by atoms with Crippen molar-refractivity contribution in [2.45, 2.75) is 19.8 Å². The Morgan fingerprint density at radius 2 is 2.13 bits per heavy atom. The Balaban J connectivity index is 1.61. The molecular formula is C20H23N5O6. The molecule has 2 aliphatic rings. The molecule has 1 N–H and O–H groups in total. The number of nitro groups is 1. The summed E-state index contributed by atoms with van der Waals surface area (Å²) in [5.74, 6) is 0.768. The van der Waals surface area contributed by atoms with Gasteiger partial charge < -0.3 is 24.4 Å². The molecule has 31 heavy (non-hydrogen) atoms. The third-order valence-corrected chi connectivity index (χ3v) is 5.13. The Bertz CT molecular complexity index is 985. The van der Waals surface area contributed by atoms with E-state index in [2.05, 4.69) is 15.3 Å². The summed E-state index contributed by atoms with van der Waals surface area (Å²) >= 11 is 0. The van der Waals surface area contributed by atoms with Crippen molar-refractivity contribution < 1.29 is 23.9 Å². The van der Waals surface area contributed by atoms with Gasteiger partial charge in [0, 0.05) is 24.8 Å². The number of carbonyl (C=O) groups excluding carboxylic acids is 1. The van der Waals surface area contributed by atoms with Crippen LogP contribution in [0.25, 0.3) is 0 Å². The number of hydrogen-bond acceptors (Lipinski definition) is 10. The first-order valence-corrected chi connectivity index (χ1v) is 10.1. The van der Waals surface area contributed by atoms with Crippen LogP contribution in [0.15, 0.2) is 24.5 Å². The predicted octanol–water partition coefficient (Wildman–Crippen LogP) is 2.68. The minimum Gasteiger partial charge on any atom is -0.486 e. The Hall–Kier alpha value is -3.63. The molecule has 1 fully saturated rings. The van der Waals surface area contributed by atoms with E-state index in [4.69, 9.17) is 14.2 Å². The molecule has 164 valence electrons. The first-order valence-electron chi connectivity index (χ1n) is 10.1. The third kappa shape index (κ3) is 4.44. The predicted molar refractivity (Wildman–Crippen MR) is 111 cm³/mol. The Labute approximate surface area is 178 Å². The van der Waals surface area contributed by atoms with Gasteiger partial charge in [0.2, 0.25) is 11.6 Å². The summed E-state index contributed by atoms with van der Waals surface area (Å²) in [6, 6.07) is 5.17. The zero-order chi connectivity index (χ0) is 21.8. The molecule has 1 aromatic carbocycles. The van der Waals surface area contributed by atoms with Gasteiger partial charge in [0.1, 0.15) is 19.5 Å². The Kier molecular flexibility index (Phi) is 6.01. The molecule has 1 aromatic heterocycles. The molecule has 11 nitrogen and oxygen atoms in total. The van der Waals surface area contributed by atoms with Gasteiger partial charge in [0.25, 0.3) is 0 Å². The second-order valence-corrected chi connectivity index (χ2v) is 7.17. The van der Waals surface area contributed by atoms with Crippen molar-refractivity contribution in [1.29, 1.82) is 0 Å². The highest BCUT2D eigenvalue weighted by Gasteiger charge is 2.33. The lowest BCUT2D eigenvalue weighted by atomic mass is 9.98. The molecule has 0 aliphatic carbocycles. The van der Waals surface area contributed by atoms with Gasteiger partial charge in [0.05, 0.1) is 17.4 Å². The van der Waals surface area contributed by atoms with Crippen LogP contribution >= 0.6 is 0 Å². The minimum absolute atomic E-state index is 0.0601. The number of nitrogens with zero attached hydrogens (tertiary/aromatic N) is 4. The van der Waals surface area contributed by atoms with E-state index in [9.17, 15) is 14.9 Å². The fourth-order valence-electron chi connectivity index (χ4n) is 3.74. The first kappa shape index (κ1) is 20.6. The summed E-state index contributed by atoms with van der Waals surface area (Å²) in [4.78, 5) is 33.6. The monoisotopic (exact) mass is 429 g/mol. The molecule has 4 rings (SSSR count). The molecule has 2 aromatic rings.